The molecule has 2 saturated carbocycles. The molecule has 5 heteroatoms. The number of Topliss-reactive ketones (excluding diaryl/α,β-unsaturated/α-hetero) is 1. The minimum Gasteiger partial charge on any atom is -0.400 e. The van der Waals surface area contributed by atoms with Crippen LogP contribution >= 0.6 is 0 Å². The fourth-order valence-electron chi connectivity index (χ4n) is 5.25. The van der Waals surface area contributed by atoms with Gasteiger partial charge in [-0.3, -0.25) is 4.79 Å². The predicted octanol–water partition coefficient (Wildman–Crippen LogP) is 5.49. The summed E-state index contributed by atoms with van der Waals surface area (Å²) in [5.41, 5.74) is -1.64. The highest BCUT2D eigenvalue weighted by atomic mass is 28.4. The van der Waals surface area contributed by atoms with Crippen molar-refractivity contribution in [3.8, 4) is 12.3 Å². The van der Waals surface area contributed by atoms with Gasteiger partial charge >= 0.3 is 0 Å². The fourth-order valence-corrected chi connectivity index (χ4v) is 6.76. The maximum Gasteiger partial charge on any atom is 0.194 e. The van der Waals surface area contributed by atoms with E-state index in [0.717, 1.165) is 19.3 Å². The average Bonchev–Trinajstić information content (AvgIpc) is 2.66. The Hall–Kier alpha value is -0.673. The Labute approximate surface area is 185 Å². The largest absolute Gasteiger partial charge is 0.400 e. The lowest BCUT2D eigenvalue weighted by Crippen LogP contribution is -2.70. The first-order valence-corrected chi connectivity index (χ1v) is 14.8. The molecule has 0 heterocycles. The van der Waals surface area contributed by atoms with E-state index in [1.54, 1.807) is 7.11 Å². The second kappa shape index (κ2) is 9.44. The van der Waals surface area contributed by atoms with E-state index in [2.05, 4.69) is 46.7 Å². The molecule has 2 rings (SSSR count). The van der Waals surface area contributed by atoms with Crippen LogP contribution in [0, 0.1) is 24.2 Å². The lowest BCUT2D eigenvalue weighted by atomic mass is 9.51. The summed E-state index contributed by atoms with van der Waals surface area (Å²) in [5.74, 6) is 2.86. The number of aliphatic hydroxyl groups is 1. The van der Waals surface area contributed by atoms with E-state index in [9.17, 15) is 9.90 Å². The zero-order valence-electron chi connectivity index (χ0n) is 20.3. The highest BCUT2D eigenvalue weighted by Gasteiger charge is 2.66. The van der Waals surface area contributed by atoms with Crippen LogP contribution in [0.25, 0.3) is 0 Å². The van der Waals surface area contributed by atoms with Crippen molar-refractivity contribution in [1.82, 2.24) is 0 Å². The van der Waals surface area contributed by atoms with Gasteiger partial charge in [-0.1, -0.05) is 59.3 Å². The first kappa shape index (κ1) is 25.6. The Morgan fingerprint density at radius 2 is 1.87 bits per heavy atom. The Balaban J connectivity index is 2.40. The van der Waals surface area contributed by atoms with Gasteiger partial charge in [-0.2, -0.15) is 0 Å². The van der Waals surface area contributed by atoms with Crippen LogP contribution in [-0.2, 0) is 14.0 Å². The van der Waals surface area contributed by atoms with Gasteiger partial charge in [0.2, 0.25) is 0 Å². The van der Waals surface area contributed by atoms with Crippen LogP contribution in [0.15, 0.2) is 0 Å². The number of rotatable bonds is 10. The second-order valence-corrected chi connectivity index (χ2v) is 15.7. The molecule has 2 fully saturated rings. The summed E-state index contributed by atoms with van der Waals surface area (Å²) in [5, 5.41) is 11.2. The maximum atomic E-state index is 12.6. The molecule has 1 unspecified atom stereocenters. The number of ether oxygens (including phenoxy) is 1. The molecule has 172 valence electrons. The molecule has 0 aliphatic heterocycles. The Bertz CT molecular complexity index is 647. The third kappa shape index (κ3) is 4.58. The van der Waals surface area contributed by atoms with Crippen molar-refractivity contribution in [3.63, 3.8) is 0 Å². The normalized spacial score (nSPS) is 31.4. The summed E-state index contributed by atoms with van der Waals surface area (Å²) in [6.07, 6.45) is 13.6. The van der Waals surface area contributed by atoms with Gasteiger partial charge in [-0.15, -0.1) is 6.42 Å². The van der Waals surface area contributed by atoms with E-state index in [0.29, 0.717) is 19.3 Å². The van der Waals surface area contributed by atoms with Gasteiger partial charge < -0.3 is 14.3 Å². The van der Waals surface area contributed by atoms with Gasteiger partial charge in [0.15, 0.2) is 14.1 Å². The van der Waals surface area contributed by atoms with Crippen LogP contribution in [0.5, 0.6) is 0 Å². The Kier molecular flexibility index (Phi) is 8.05. The number of terminal acetylenes is 1. The highest BCUT2D eigenvalue weighted by Crippen LogP contribution is 2.56. The van der Waals surface area contributed by atoms with Crippen LogP contribution in [0.4, 0.5) is 0 Å². The monoisotopic (exact) mass is 436 g/mol. The van der Waals surface area contributed by atoms with Gasteiger partial charge in [0.1, 0.15) is 11.2 Å². The van der Waals surface area contributed by atoms with Crippen molar-refractivity contribution in [2.75, 3.05) is 7.11 Å². The van der Waals surface area contributed by atoms with Crippen LogP contribution in [0.1, 0.15) is 85.5 Å². The summed E-state index contributed by atoms with van der Waals surface area (Å²) in [6, 6.07) is 0. The van der Waals surface area contributed by atoms with Crippen molar-refractivity contribution < 1.29 is 19.1 Å². The van der Waals surface area contributed by atoms with E-state index < -0.39 is 25.6 Å². The molecule has 2 aliphatic carbocycles. The number of hydrogen-bond donors (Lipinski definition) is 1. The van der Waals surface area contributed by atoms with Crippen molar-refractivity contribution in [3.05, 3.63) is 0 Å². The number of fused-ring (bicyclic) bond motifs is 1. The number of carbonyl (C=O) groups excluding carboxylic acids is 1. The number of hydrogen-bond acceptors (Lipinski definition) is 4. The first-order chi connectivity index (χ1) is 13.9. The number of ketones is 1. The van der Waals surface area contributed by atoms with Crippen LogP contribution in [0.3, 0.4) is 0 Å². The van der Waals surface area contributed by atoms with E-state index in [4.69, 9.17) is 15.6 Å². The number of carbonyl (C=O) groups is 1. The number of aliphatic hydroxyl groups excluding tert-OH is 1. The SMILES string of the molecule is C#CC(CCCCCCC)(O[Si](C)(C)C(C)(C)C)[C@H]1[C@@H](O)CC[C@@]2(OC)C(=O)C[C@@H]12. The predicted molar refractivity (Wildman–Crippen MR) is 125 cm³/mol. The molecule has 0 aromatic carbocycles. The topological polar surface area (TPSA) is 55.8 Å². The lowest BCUT2D eigenvalue weighted by Gasteiger charge is -2.59. The lowest BCUT2D eigenvalue weighted by molar-refractivity contribution is -0.212. The molecule has 30 heavy (non-hydrogen) atoms. The molecule has 0 radical (unpaired) electrons. The molecular weight excluding hydrogens is 392 g/mol. The highest BCUT2D eigenvalue weighted by molar-refractivity contribution is 6.74. The summed E-state index contributed by atoms with van der Waals surface area (Å²) < 4.78 is 12.8. The van der Waals surface area contributed by atoms with Crippen molar-refractivity contribution in [1.29, 1.82) is 0 Å². The van der Waals surface area contributed by atoms with Crippen molar-refractivity contribution in [2.45, 2.75) is 121 Å². The van der Waals surface area contributed by atoms with Crippen LogP contribution in [-0.4, -0.2) is 43.6 Å². The molecule has 0 amide bonds. The minimum absolute atomic E-state index is 0.00467. The molecule has 4 nitrogen and oxygen atoms in total. The first-order valence-electron chi connectivity index (χ1n) is 11.8. The third-order valence-corrected chi connectivity index (χ3v) is 12.7. The Morgan fingerprint density at radius 1 is 1.23 bits per heavy atom. The van der Waals surface area contributed by atoms with E-state index in [-0.39, 0.29) is 22.7 Å². The fraction of sp³-hybridized carbons (Fsp3) is 0.880. The molecule has 1 N–H and O–H groups in total. The van der Waals surface area contributed by atoms with Gasteiger partial charge in [-0.25, -0.2) is 0 Å². The van der Waals surface area contributed by atoms with E-state index in [1.165, 1.54) is 19.3 Å². The maximum absolute atomic E-state index is 12.6. The molecule has 0 spiro atoms. The smallest absolute Gasteiger partial charge is 0.194 e. The summed E-state index contributed by atoms with van der Waals surface area (Å²) in [4.78, 5) is 12.6. The van der Waals surface area contributed by atoms with E-state index >= 15 is 0 Å². The molecule has 0 bridgehead atoms. The van der Waals surface area contributed by atoms with Crippen LogP contribution in [0.2, 0.25) is 18.1 Å². The van der Waals surface area contributed by atoms with Crippen LogP contribution < -0.4 is 0 Å². The van der Waals surface area contributed by atoms with E-state index in [1.807, 2.05) is 0 Å². The number of methoxy groups -OCH3 is 1. The zero-order valence-corrected chi connectivity index (χ0v) is 21.3. The summed E-state index contributed by atoms with van der Waals surface area (Å²) in [7, 11) is -0.588. The average molecular weight is 437 g/mol. The molecule has 5 atom stereocenters. The molecule has 0 saturated heterocycles. The summed E-state index contributed by atoms with van der Waals surface area (Å²) >= 11 is 0. The van der Waals surface area contributed by atoms with Gasteiger partial charge in [0.25, 0.3) is 0 Å². The van der Waals surface area contributed by atoms with Crippen molar-refractivity contribution >= 4 is 14.1 Å². The van der Waals surface area contributed by atoms with Gasteiger partial charge in [0, 0.05) is 25.4 Å². The molecule has 2 aliphatic rings. The second-order valence-electron chi connectivity index (χ2n) is 11.0. The molecular formula is C25H44O4Si. The molecule has 0 aromatic rings. The number of unbranched alkanes of at least 4 members (excludes halogenated alkanes) is 4. The third-order valence-electron chi connectivity index (χ3n) is 8.18. The quantitative estimate of drug-likeness (QED) is 0.280. The summed E-state index contributed by atoms with van der Waals surface area (Å²) in [6.45, 7) is 13.3. The standard InChI is InChI=1S/C25H44O4Si/c1-9-11-12-13-14-16-24(10-2,29-30(7,8)23(3,4)5)22-19-18-21(27)25(19,28-6)17-15-20(22)26/h2,19-20,22,26H,9,11-18H2,1,3-8H3/t19-,20-,22+,24?,25-/m0/s1. The Morgan fingerprint density at radius 3 is 2.37 bits per heavy atom. The minimum atomic E-state index is -2.21. The molecule has 0 aromatic heterocycles. The van der Waals surface area contributed by atoms with Gasteiger partial charge in [0.05, 0.1) is 6.10 Å². The zero-order chi connectivity index (χ0) is 22.8. The van der Waals surface area contributed by atoms with Crippen molar-refractivity contribution in [2.24, 2.45) is 11.8 Å². The van der Waals surface area contributed by atoms with Gasteiger partial charge in [-0.05, 0) is 43.8 Å².